The molecule has 0 aliphatic rings. The lowest BCUT2D eigenvalue weighted by Gasteiger charge is -2.10. The van der Waals surface area contributed by atoms with Gasteiger partial charge in [-0.25, -0.2) is 21.9 Å². The van der Waals surface area contributed by atoms with E-state index >= 15 is 0 Å². The molecule has 30 heavy (non-hydrogen) atoms. The number of carbonyl (C=O) groups excluding carboxylic acids is 1. The number of rotatable bonds is 6. The molecule has 1 amide bonds. The standard InChI is InChI=1S/C22H20F2N2O3S/c1-14-10-17(23)7-9-19(14)20-8-6-16(12-21(20)24)22(27)26-13-15-4-3-5-18(11-15)30(28,29)25-2/h3-12,25H,13H2,1-2H3,(H,26,27). The third-order valence-electron chi connectivity index (χ3n) is 4.64. The van der Waals surface area contributed by atoms with Crippen molar-refractivity contribution in [1.29, 1.82) is 0 Å². The minimum absolute atomic E-state index is 0.0757. The Labute approximate surface area is 173 Å². The Bertz CT molecular complexity index is 1210. The van der Waals surface area contributed by atoms with Crippen LogP contribution >= 0.6 is 0 Å². The summed E-state index contributed by atoms with van der Waals surface area (Å²) in [6, 6.07) is 14.3. The largest absolute Gasteiger partial charge is 0.348 e. The van der Waals surface area contributed by atoms with Crippen LogP contribution in [0.25, 0.3) is 11.1 Å². The van der Waals surface area contributed by atoms with Gasteiger partial charge in [0.15, 0.2) is 0 Å². The first kappa shape index (κ1) is 21.6. The van der Waals surface area contributed by atoms with Gasteiger partial charge >= 0.3 is 0 Å². The first-order valence-electron chi connectivity index (χ1n) is 9.08. The van der Waals surface area contributed by atoms with E-state index in [1.165, 1.54) is 49.5 Å². The van der Waals surface area contributed by atoms with Crippen molar-refractivity contribution in [1.82, 2.24) is 10.0 Å². The summed E-state index contributed by atoms with van der Waals surface area (Å²) in [5.74, 6) is -1.50. The number of amides is 1. The first-order chi connectivity index (χ1) is 14.2. The second kappa shape index (κ2) is 8.73. The highest BCUT2D eigenvalue weighted by Crippen LogP contribution is 2.27. The molecule has 8 heteroatoms. The van der Waals surface area contributed by atoms with Crippen LogP contribution in [0.1, 0.15) is 21.5 Å². The van der Waals surface area contributed by atoms with Gasteiger partial charge < -0.3 is 5.32 Å². The molecule has 156 valence electrons. The molecule has 0 fully saturated rings. The van der Waals surface area contributed by atoms with Crippen molar-refractivity contribution in [2.75, 3.05) is 7.05 Å². The van der Waals surface area contributed by atoms with Gasteiger partial charge in [-0.2, -0.15) is 0 Å². The molecule has 3 aromatic rings. The minimum Gasteiger partial charge on any atom is -0.348 e. The third-order valence-corrected chi connectivity index (χ3v) is 6.05. The Balaban J connectivity index is 1.75. The normalized spacial score (nSPS) is 11.3. The van der Waals surface area contributed by atoms with Crippen molar-refractivity contribution in [3.8, 4) is 11.1 Å². The van der Waals surface area contributed by atoms with E-state index in [9.17, 15) is 22.0 Å². The van der Waals surface area contributed by atoms with Crippen molar-refractivity contribution in [3.63, 3.8) is 0 Å². The lowest BCUT2D eigenvalue weighted by molar-refractivity contribution is 0.0950. The van der Waals surface area contributed by atoms with Crippen molar-refractivity contribution >= 4 is 15.9 Å². The number of sulfonamides is 1. The van der Waals surface area contributed by atoms with Crippen LogP contribution in [0.5, 0.6) is 0 Å². The average Bonchev–Trinajstić information content (AvgIpc) is 2.72. The molecule has 0 spiro atoms. The van der Waals surface area contributed by atoms with Crippen LogP contribution in [0, 0.1) is 18.6 Å². The van der Waals surface area contributed by atoms with E-state index in [4.69, 9.17) is 0 Å². The summed E-state index contributed by atoms with van der Waals surface area (Å²) in [7, 11) is -2.28. The number of hydrogen-bond donors (Lipinski definition) is 2. The molecule has 0 aliphatic heterocycles. The highest BCUT2D eigenvalue weighted by atomic mass is 32.2. The van der Waals surface area contributed by atoms with Crippen molar-refractivity contribution < 1.29 is 22.0 Å². The molecular weight excluding hydrogens is 410 g/mol. The van der Waals surface area contributed by atoms with Crippen molar-refractivity contribution in [2.45, 2.75) is 18.4 Å². The number of benzene rings is 3. The summed E-state index contributed by atoms with van der Waals surface area (Å²) in [6.45, 7) is 1.76. The van der Waals surface area contributed by atoms with E-state index in [1.54, 1.807) is 19.1 Å². The maximum absolute atomic E-state index is 14.6. The lowest BCUT2D eigenvalue weighted by atomic mass is 9.98. The minimum atomic E-state index is -3.59. The molecule has 0 unspecified atom stereocenters. The number of halogens is 2. The first-order valence-corrected chi connectivity index (χ1v) is 10.6. The summed E-state index contributed by atoms with van der Waals surface area (Å²) < 4.78 is 53.9. The fourth-order valence-electron chi connectivity index (χ4n) is 3.03. The van der Waals surface area contributed by atoms with E-state index in [0.29, 0.717) is 16.7 Å². The molecule has 0 saturated heterocycles. The molecule has 0 aromatic heterocycles. The molecule has 3 aromatic carbocycles. The maximum Gasteiger partial charge on any atom is 0.251 e. The van der Waals surface area contributed by atoms with Gasteiger partial charge in [0.1, 0.15) is 11.6 Å². The molecule has 0 atom stereocenters. The molecule has 3 rings (SSSR count). The molecule has 2 N–H and O–H groups in total. The molecular formula is C22H20F2N2O3S. The van der Waals surface area contributed by atoms with Crippen LogP contribution in [0.15, 0.2) is 65.6 Å². The number of hydrogen-bond acceptors (Lipinski definition) is 3. The SMILES string of the molecule is CNS(=O)(=O)c1cccc(CNC(=O)c2ccc(-c3ccc(F)cc3C)c(F)c2)c1. The zero-order valence-corrected chi connectivity index (χ0v) is 17.2. The van der Waals surface area contributed by atoms with Gasteiger partial charge in [-0.3, -0.25) is 4.79 Å². The number of carbonyl (C=O) groups is 1. The highest BCUT2D eigenvalue weighted by molar-refractivity contribution is 7.89. The monoisotopic (exact) mass is 430 g/mol. The van der Waals surface area contributed by atoms with Gasteiger partial charge in [-0.1, -0.05) is 24.3 Å². The summed E-state index contributed by atoms with van der Waals surface area (Å²) in [6.07, 6.45) is 0. The zero-order valence-electron chi connectivity index (χ0n) is 16.4. The molecule has 5 nitrogen and oxygen atoms in total. The van der Waals surface area contributed by atoms with E-state index in [0.717, 1.165) is 6.07 Å². The second-order valence-corrected chi connectivity index (χ2v) is 8.58. The molecule has 0 bridgehead atoms. The Morgan fingerprint density at radius 2 is 1.70 bits per heavy atom. The average molecular weight is 430 g/mol. The van der Waals surface area contributed by atoms with Crippen LogP contribution in [0.2, 0.25) is 0 Å². The summed E-state index contributed by atoms with van der Waals surface area (Å²) in [5, 5.41) is 2.65. The van der Waals surface area contributed by atoms with E-state index in [2.05, 4.69) is 10.0 Å². The molecule has 0 aliphatic carbocycles. The quantitative estimate of drug-likeness (QED) is 0.625. The number of nitrogens with one attached hydrogen (secondary N) is 2. The van der Waals surface area contributed by atoms with E-state index in [-0.39, 0.29) is 22.6 Å². The zero-order chi connectivity index (χ0) is 21.9. The second-order valence-electron chi connectivity index (χ2n) is 6.69. The summed E-state index contributed by atoms with van der Waals surface area (Å²) >= 11 is 0. The Hall–Kier alpha value is -3.10. The molecule has 0 heterocycles. The van der Waals surface area contributed by atoms with Crippen LogP contribution < -0.4 is 10.0 Å². The number of aryl methyl sites for hydroxylation is 1. The predicted octanol–water partition coefficient (Wildman–Crippen LogP) is 3.78. The Morgan fingerprint density at radius 3 is 2.37 bits per heavy atom. The molecule has 0 saturated carbocycles. The predicted molar refractivity (Wildman–Crippen MR) is 110 cm³/mol. The van der Waals surface area contributed by atoms with Crippen molar-refractivity contribution in [3.05, 3.63) is 89.0 Å². The fourth-order valence-corrected chi connectivity index (χ4v) is 3.83. The van der Waals surface area contributed by atoms with E-state index < -0.39 is 27.6 Å². The molecule has 0 radical (unpaired) electrons. The van der Waals surface area contributed by atoms with Crippen molar-refractivity contribution in [2.24, 2.45) is 0 Å². The summed E-state index contributed by atoms with van der Waals surface area (Å²) in [5.41, 5.74) is 2.11. The van der Waals surface area contributed by atoms with Crippen LogP contribution in [-0.2, 0) is 16.6 Å². The van der Waals surface area contributed by atoms with E-state index in [1.807, 2.05) is 0 Å². The van der Waals surface area contributed by atoms with Crippen LogP contribution in [0.4, 0.5) is 8.78 Å². The highest BCUT2D eigenvalue weighted by Gasteiger charge is 2.14. The topological polar surface area (TPSA) is 75.3 Å². The summed E-state index contributed by atoms with van der Waals surface area (Å²) in [4.78, 5) is 12.5. The Kier molecular flexibility index (Phi) is 6.28. The lowest BCUT2D eigenvalue weighted by Crippen LogP contribution is -2.23. The van der Waals surface area contributed by atoms with Crippen LogP contribution in [-0.4, -0.2) is 21.4 Å². The van der Waals surface area contributed by atoms with Gasteiger partial charge in [-0.05, 0) is 67.1 Å². The van der Waals surface area contributed by atoms with Gasteiger partial charge in [0.25, 0.3) is 5.91 Å². The van der Waals surface area contributed by atoms with Gasteiger partial charge in [0, 0.05) is 17.7 Å². The smallest absolute Gasteiger partial charge is 0.251 e. The van der Waals surface area contributed by atoms with Gasteiger partial charge in [0.05, 0.1) is 4.90 Å². The maximum atomic E-state index is 14.6. The Morgan fingerprint density at radius 1 is 0.967 bits per heavy atom. The fraction of sp³-hybridized carbons (Fsp3) is 0.136. The third kappa shape index (κ3) is 4.72. The van der Waals surface area contributed by atoms with Gasteiger partial charge in [0.2, 0.25) is 10.0 Å². The van der Waals surface area contributed by atoms with Crippen LogP contribution in [0.3, 0.4) is 0 Å². The van der Waals surface area contributed by atoms with Gasteiger partial charge in [-0.15, -0.1) is 0 Å².